The Hall–Kier alpha value is -0.160. The van der Waals surface area contributed by atoms with Crippen molar-refractivity contribution in [1.29, 1.82) is 5.26 Å². The monoisotopic (exact) mass is 269 g/mol. The van der Waals surface area contributed by atoms with Crippen LogP contribution in [0.25, 0.3) is 0 Å². The van der Waals surface area contributed by atoms with Gasteiger partial charge in [-0.05, 0) is 24.3 Å². The van der Waals surface area contributed by atoms with E-state index in [0.717, 1.165) is 12.8 Å². The zero-order valence-electron chi connectivity index (χ0n) is 12.3. The molecule has 0 unspecified atom stereocenters. The highest BCUT2D eigenvalue weighted by atomic mass is 32.2. The van der Waals surface area contributed by atoms with Crippen LogP contribution in [0, 0.1) is 11.3 Å². The molecule has 0 saturated heterocycles. The normalized spacial score (nSPS) is 10.4. The summed E-state index contributed by atoms with van der Waals surface area (Å²) < 4.78 is 0. The predicted molar refractivity (Wildman–Crippen MR) is 84.0 cm³/mol. The Labute approximate surface area is 119 Å². The quantitative estimate of drug-likeness (QED) is 0.364. The van der Waals surface area contributed by atoms with Gasteiger partial charge in [-0.15, -0.1) is 0 Å². The second kappa shape index (κ2) is 16.8. The highest BCUT2D eigenvalue weighted by molar-refractivity contribution is 7.99. The molecule has 2 heteroatoms. The van der Waals surface area contributed by atoms with Crippen LogP contribution in [-0.4, -0.2) is 11.5 Å². The van der Waals surface area contributed by atoms with Gasteiger partial charge in [0.05, 0.1) is 6.07 Å². The summed E-state index contributed by atoms with van der Waals surface area (Å²) in [6.07, 6.45) is 16.0. The van der Waals surface area contributed by atoms with Gasteiger partial charge in [0, 0.05) is 6.42 Å². The first kappa shape index (κ1) is 17.8. The van der Waals surface area contributed by atoms with Crippen molar-refractivity contribution in [3.63, 3.8) is 0 Å². The van der Waals surface area contributed by atoms with Crippen LogP contribution >= 0.6 is 11.8 Å². The molecule has 18 heavy (non-hydrogen) atoms. The summed E-state index contributed by atoms with van der Waals surface area (Å²) in [6, 6.07) is 2.20. The fraction of sp³-hybridized carbons (Fsp3) is 0.938. The Morgan fingerprint density at radius 2 is 1.22 bits per heavy atom. The first-order valence-electron chi connectivity index (χ1n) is 7.86. The lowest BCUT2D eigenvalue weighted by Crippen LogP contribution is -1.85. The summed E-state index contributed by atoms with van der Waals surface area (Å²) >= 11 is 2.02. The second-order valence-corrected chi connectivity index (χ2v) is 6.28. The van der Waals surface area contributed by atoms with E-state index in [0.29, 0.717) is 0 Å². The predicted octanol–water partition coefficient (Wildman–Crippen LogP) is 5.94. The number of thioether (sulfide) groups is 1. The summed E-state index contributed by atoms with van der Waals surface area (Å²) in [5, 5.41) is 8.40. The van der Waals surface area contributed by atoms with Crippen molar-refractivity contribution in [1.82, 2.24) is 0 Å². The smallest absolute Gasteiger partial charge is 0.0622 e. The van der Waals surface area contributed by atoms with Crippen molar-refractivity contribution < 1.29 is 0 Å². The van der Waals surface area contributed by atoms with E-state index in [4.69, 9.17) is 5.26 Å². The minimum absolute atomic E-state index is 0.727. The number of unbranched alkanes of at least 4 members (excludes halogenated alkanes) is 10. The minimum atomic E-state index is 0.727. The van der Waals surface area contributed by atoms with Gasteiger partial charge in [-0.2, -0.15) is 17.0 Å². The molecule has 0 radical (unpaired) electrons. The van der Waals surface area contributed by atoms with Crippen LogP contribution in [0.5, 0.6) is 0 Å². The Kier molecular flexibility index (Phi) is 16.7. The number of nitriles is 1. The summed E-state index contributed by atoms with van der Waals surface area (Å²) in [4.78, 5) is 0. The zero-order valence-corrected chi connectivity index (χ0v) is 13.1. The van der Waals surface area contributed by atoms with Gasteiger partial charge >= 0.3 is 0 Å². The standard InChI is InChI=1S/C16H31NS/c1-2-3-4-5-6-7-8-9-10-12-15-18-16-13-11-14-17/h2-13,15-16H2,1H3. The van der Waals surface area contributed by atoms with Gasteiger partial charge in [0.15, 0.2) is 0 Å². The number of hydrogen-bond donors (Lipinski definition) is 0. The minimum Gasteiger partial charge on any atom is -0.198 e. The first-order valence-corrected chi connectivity index (χ1v) is 9.02. The molecule has 0 fully saturated rings. The van der Waals surface area contributed by atoms with E-state index in [1.807, 2.05) is 11.8 Å². The fourth-order valence-electron chi connectivity index (χ4n) is 2.05. The van der Waals surface area contributed by atoms with Crippen molar-refractivity contribution in [2.45, 2.75) is 84.0 Å². The van der Waals surface area contributed by atoms with Gasteiger partial charge in [0.25, 0.3) is 0 Å². The van der Waals surface area contributed by atoms with E-state index >= 15 is 0 Å². The van der Waals surface area contributed by atoms with Crippen LogP contribution in [-0.2, 0) is 0 Å². The van der Waals surface area contributed by atoms with E-state index in [-0.39, 0.29) is 0 Å². The third-order valence-electron chi connectivity index (χ3n) is 3.22. The van der Waals surface area contributed by atoms with E-state index in [2.05, 4.69) is 13.0 Å². The van der Waals surface area contributed by atoms with E-state index in [1.54, 1.807) is 0 Å². The van der Waals surface area contributed by atoms with E-state index < -0.39 is 0 Å². The van der Waals surface area contributed by atoms with Crippen molar-refractivity contribution in [2.24, 2.45) is 0 Å². The number of rotatable bonds is 14. The molecule has 0 aliphatic carbocycles. The van der Waals surface area contributed by atoms with Crippen molar-refractivity contribution in [3.05, 3.63) is 0 Å². The second-order valence-electron chi connectivity index (χ2n) is 5.06. The lowest BCUT2D eigenvalue weighted by Gasteiger charge is -2.02. The molecule has 0 rings (SSSR count). The highest BCUT2D eigenvalue weighted by Crippen LogP contribution is 2.13. The summed E-state index contributed by atoms with van der Waals surface area (Å²) in [5.41, 5.74) is 0. The summed E-state index contributed by atoms with van der Waals surface area (Å²) in [7, 11) is 0. The Balaban J connectivity index is 2.89. The fourth-order valence-corrected chi connectivity index (χ4v) is 3.01. The number of hydrogen-bond acceptors (Lipinski definition) is 2. The molecular weight excluding hydrogens is 238 g/mol. The van der Waals surface area contributed by atoms with Crippen LogP contribution < -0.4 is 0 Å². The molecular formula is C16H31NS. The molecule has 0 saturated carbocycles. The van der Waals surface area contributed by atoms with Crippen molar-refractivity contribution in [2.75, 3.05) is 11.5 Å². The summed E-state index contributed by atoms with van der Waals surface area (Å²) in [6.45, 7) is 2.28. The first-order chi connectivity index (χ1) is 8.91. The Bertz CT molecular complexity index is 186. The van der Waals surface area contributed by atoms with Gasteiger partial charge < -0.3 is 0 Å². The zero-order chi connectivity index (χ0) is 13.3. The van der Waals surface area contributed by atoms with Crippen LogP contribution in [0.3, 0.4) is 0 Å². The average Bonchev–Trinajstić information content (AvgIpc) is 2.39. The average molecular weight is 269 g/mol. The summed E-state index contributed by atoms with van der Waals surface area (Å²) in [5.74, 6) is 2.47. The molecule has 0 atom stereocenters. The molecule has 0 aliphatic heterocycles. The van der Waals surface area contributed by atoms with E-state index in [9.17, 15) is 0 Å². The molecule has 1 nitrogen and oxygen atoms in total. The van der Waals surface area contributed by atoms with Crippen molar-refractivity contribution in [3.8, 4) is 6.07 Å². The molecule has 0 aliphatic rings. The van der Waals surface area contributed by atoms with Gasteiger partial charge in [0.2, 0.25) is 0 Å². The van der Waals surface area contributed by atoms with Crippen LogP contribution in [0.15, 0.2) is 0 Å². The molecule has 0 aromatic heterocycles. The lowest BCUT2D eigenvalue weighted by molar-refractivity contribution is 0.563. The van der Waals surface area contributed by atoms with E-state index in [1.165, 1.54) is 75.7 Å². The maximum Gasteiger partial charge on any atom is 0.0622 e. The van der Waals surface area contributed by atoms with Gasteiger partial charge in [-0.25, -0.2) is 0 Å². The maximum atomic E-state index is 8.40. The Morgan fingerprint density at radius 3 is 1.78 bits per heavy atom. The third kappa shape index (κ3) is 15.8. The van der Waals surface area contributed by atoms with Crippen LogP contribution in [0.4, 0.5) is 0 Å². The largest absolute Gasteiger partial charge is 0.198 e. The van der Waals surface area contributed by atoms with Gasteiger partial charge in [-0.3, -0.25) is 0 Å². The van der Waals surface area contributed by atoms with Gasteiger partial charge in [0.1, 0.15) is 0 Å². The number of nitrogens with zero attached hydrogens (tertiary/aromatic N) is 1. The van der Waals surface area contributed by atoms with Crippen LogP contribution in [0.1, 0.15) is 84.0 Å². The molecule has 0 bridgehead atoms. The molecule has 0 heterocycles. The topological polar surface area (TPSA) is 23.8 Å². The van der Waals surface area contributed by atoms with Gasteiger partial charge in [-0.1, -0.05) is 64.7 Å². The molecule has 106 valence electrons. The molecule has 0 amide bonds. The molecule has 0 N–H and O–H groups in total. The lowest BCUT2D eigenvalue weighted by atomic mass is 10.1. The molecule has 0 aromatic rings. The maximum absolute atomic E-state index is 8.40. The third-order valence-corrected chi connectivity index (χ3v) is 4.37. The van der Waals surface area contributed by atoms with Crippen LogP contribution in [0.2, 0.25) is 0 Å². The highest BCUT2D eigenvalue weighted by Gasteiger charge is 1.93. The molecule has 0 spiro atoms. The Morgan fingerprint density at radius 1 is 0.722 bits per heavy atom. The van der Waals surface area contributed by atoms with Crippen molar-refractivity contribution >= 4 is 11.8 Å². The SMILES string of the molecule is CCCCCCCCCCCCSCCCC#N. The molecule has 0 aromatic carbocycles.